The zero-order chi connectivity index (χ0) is 20.6. The SMILES string of the molecule is CC1(C)CCCc2ccc3c(ccc4ccccc43)c21.c1ccc2ncccc2c1. The molecule has 1 aliphatic carbocycles. The highest BCUT2D eigenvalue weighted by Gasteiger charge is 2.29. The van der Waals surface area contributed by atoms with E-state index in [0.29, 0.717) is 5.41 Å². The molecule has 0 N–H and O–H groups in total. The van der Waals surface area contributed by atoms with Gasteiger partial charge in [0.05, 0.1) is 5.52 Å². The van der Waals surface area contributed by atoms with Crippen molar-refractivity contribution in [2.45, 2.75) is 38.5 Å². The minimum atomic E-state index is 0.301. The van der Waals surface area contributed by atoms with Crippen LogP contribution in [0.5, 0.6) is 0 Å². The molecule has 0 saturated carbocycles. The first-order valence-electron chi connectivity index (χ1n) is 10.9. The molecule has 0 amide bonds. The van der Waals surface area contributed by atoms with Crippen LogP contribution in [0.3, 0.4) is 0 Å². The molecule has 5 aromatic rings. The summed E-state index contributed by atoms with van der Waals surface area (Å²) in [6.07, 6.45) is 5.66. The van der Waals surface area contributed by atoms with Gasteiger partial charge >= 0.3 is 0 Å². The van der Waals surface area contributed by atoms with E-state index in [9.17, 15) is 0 Å². The normalized spacial score (nSPS) is 14.9. The number of nitrogens with zero attached hydrogens (tertiary/aromatic N) is 1. The molecule has 148 valence electrons. The summed E-state index contributed by atoms with van der Waals surface area (Å²) in [6, 6.07) is 30.1. The largest absolute Gasteiger partial charge is 0.256 e. The van der Waals surface area contributed by atoms with Crippen LogP contribution in [0.25, 0.3) is 32.4 Å². The van der Waals surface area contributed by atoms with Gasteiger partial charge in [0.25, 0.3) is 0 Å². The van der Waals surface area contributed by atoms with Gasteiger partial charge in [-0.1, -0.05) is 86.6 Å². The predicted molar refractivity (Wildman–Crippen MR) is 129 cm³/mol. The lowest BCUT2D eigenvalue weighted by atomic mass is 9.71. The number of aryl methyl sites for hydroxylation is 1. The van der Waals surface area contributed by atoms with E-state index in [1.165, 1.54) is 46.2 Å². The molecule has 1 heterocycles. The second-order valence-corrected chi connectivity index (χ2v) is 8.92. The molecule has 30 heavy (non-hydrogen) atoms. The average molecular weight is 390 g/mol. The molecule has 0 atom stereocenters. The van der Waals surface area contributed by atoms with E-state index in [4.69, 9.17) is 0 Å². The number of benzene rings is 4. The zero-order valence-corrected chi connectivity index (χ0v) is 17.7. The summed E-state index contributed by atoms with van der Waals surface area (Å²) < 4.78 is 0. The van der Waals surface area contributed by atoms with Crippen LogP contribution in [0.15, 0.2) is 91.1 Å². The topological polar surface area (TPSA) is 12.9 Å². The van der Waals surface area contributed by atoms with Gasteiger partial charge in [0, 0.05) is 11.6 Å². The third-order valence-corrected chi connectivity index (χ3v) is 6.45. The standard InChI is InChI=1S/C20H20.C9H7N/c1-20(2)13-5-7-15-10-11-17-16-8-4-3-6-14(16)9-12-18(17)19(15)20;1-2-6-9-8(4-1)5-3-7-10-9/h3-4,6,8-12H,5,7,13H2,1-2H3;1-7H. The number of aromatic nitrogens is 1. The molecule has 0 aliphatic heterocycles. The second-order valence-electron chi connectivity index (χ2n) is 8.92. The Kier molecular flexibility index (Phi) is 4.75. The lowest BCUT2D eigenvalue weighted by Crippen LogP contribution is -2.24. The van der Waals surface area contributed by atoms with Crippen LogP contribution in [0.1, 0.15) is 37.8 Å². The van der Waals surface area contributed by atoms with Crippen LogP contribution in [0, 0.1) is 0 Å². The Hall–Kier alpha value is -3.19. The lowest BCUT2D eigenvalue weighted by molar-refractivity contribution is 0.436. The third-order valence-electron chi connectivity index (χ3n) is 6.45. The maximum absolute atomic E-state index is 4.18. The van der Waals surface area contributed by atoms with Crippen molar-refractivity contribution in [1.82, 2.24) is 4.98 Å². The van der Waals surface area contributed by atoms with Gasteiger partial charge in [-0.3, -0.25) is 4.98 Å². The maximum atomic E-state index is 4.18. The lowest BCUT2D eigenvalue weighted by Gasteiger charge is -2.34. The Balaban J connectivity index is 0.000000161. The van der Waals surface area contributed by atoms with E-state index in [1.54, 1.807) is 11.1 Å². The molecule has 1 aromatic heterocycles. The van der Waals surface area contributed by atoms with Gasteiger partial charge in [0.2, 0.25) is 0 Å². The highest BCUT2D eigenvalue weighted by Crippen LogP contribution is 2.42. The first-order chi connectivity index (χ1) is 14.6. The summed E-state index contributed by atoms with van der Waals surface area (Å²) in [4.78, 5) is 4.18. The van der Waals surface area contributed by atoms with Crippen molar-refractivity contribution in [3.63, 3.8) is 0 Å². The molecule has 1 heteroatoms. The number of pyridine rings is 1. The van der Waals surface area contributed by atoms with E-state index >= 15 is 0 Å². The van der Waals surface area contributed by atoms with Crippen LogP contribution in [-0.4, -0.2) is 4.98 Å². The van der Waals surface area contributed by atoms with Crippen LogP contribution in [0.4, 0.5) is 0 Å². The second kappa shape index (κ2) is 7.57. The fraction of sp³-hybridized carbons (Fsp3) is 0.207. The molecule has 0 radical (unpaired) electrons. The molecule has 0 saturated heterocycles. The van der Waals surface area contributed by atoms with Gasteiger partial charge in [-0.2, -0.15) is 0 Å². The number of hydrogen-bond acceptors (Lipinski definition) is 1. The van der Waals surface area contributed by atoms with E-state index in [-0.39, 0.29) is 0 Å². The van der Waals surface area contributed by atoms with Crippen molar-refractivity contribution in [2.24, 2.45) is 0 Å². The minimum Gasteiger partial charge on any atom is -0.256 e. The maximum Gasteiger partial charge on any atom is 0.0701 e. The van der Waals surface area contributed by atoms with Gasteiger partial charge in [0.15, 0.2) is 0 Å². The van der Waals surface area contributed by atoms with Crippen LogP contribution >= 0.6 is 0 Å². The molecule has 4 aromatic carbocycles. The molecular weight excluding hydrogens is 362 g/mol. The molecule has 1 aliphatic rings. The van der Waals surface area contributed by atoms with Gasteiger partial charge in [-0.15, -0.1) is 0 Å². The fourth-order valence-electron chi connectivity index (χ4n) is 5.00. The van der Waals surface area contributed by atoms with Crippen molar-refractivity contribution in [1.29, 1.82) is 0 Å². The zero-order valence-electron chi connectivity index (χ0n) is 17.7. The van der Waals surface area contributed by atoms with Crippen LogP contribution in [-0.2, 0) is 11.8 Å². The van der Waals surface area contributed by atoms with Crippen molar-refractivity contribution in [2.75, 3.05) is 0 Å². The fourth-order valence-corrected chi connectivity index (χ4v) is 5.00. The molecule has 0 spiro atoms. The van der Waals surface area contributed by atoms with Gasteiger partial charge in [-0.25, -0.2) is 0 Å². The summed E-state index contributed by atoms with van der Waals surface area (Å²) in [5.74, 6) is 0. The Morgan fingerprint density at radius 1 is 0.667 bits per heavy atom. The van der Waals surface area contributed by atoms with Crippen LogP contribution in [0.2, 0.25) is 0 Å². The number of fused-ring (bicyclic) bond motifs is 6. The molecule has 6 rings (SSSR count). The number of para-hydroxylation sites is 1. The van der Waals surface area contributed by atoms with Crippen molar-refractivity contribution in [3.05, 3.63) is 102 Å². The van der Waals surface area contributed by atoms with E-state index in [1.807, 2.05) is 30.5 Å². The summed E-state index contributed by atoms with van der Waals surface area (Å²) in [5.41, 5.74) is 4.51. The van der Waals surface area contributed by atoms with Gasteiger partial charge < -0.3 is 0 Å². The van der Waals surface area contributed by atoms with Crippen molar-refractivity contribution >= 4 is 32.4 Å². The summed E-state index contributed by atoms with van der Waals surface area (Å²) in [5, 5.41) is 6.80. The average Bonchev–Trinajstić information content (AvgIpc) is 2.79. The summed E-state index contributed by atoms with van der Waals surface area (Å²) >= 11 is 0. The molecule has 1 nitrogen and oxygen atoms in total. The molecule has 0 bridgehead atoms. The monoisotopic (exact) mass is 389 g/mol. The Labute approximate surface area is 178 Å². The number of rotatable bonds is 0. The van der Waals surface area contributed by atoms with Crippen LogP contribution < -0.4 is 0 Å². The van der Waals surface area contributed by atoms with E-state index in [0.717, 1.165) is 5.52 Å². The Bertz CT molecular complexity index is 1280. The number of hydrogen-bond donors (Lipinski definition) is 0. The highest BCUT2D eigenvalue weighted by molar-refractivity contribution is 6.09. The summed E-state index contributed by atoms with van der Waals surface area (Å²) in [7, 11) is 0. The van der Waals surface area contributed by atoms with E-state index in [2.05, 4.69) is 79.5 Å². The van der Waals surface area contributed by atoms with E-state index < -0.39 is 0 Å². The Morgan fingerprint density at radius 3 is 2.27 bits per heavy atom. The predicted octanol–water partition coefficient (Wildman–Crippen LogP) is 7.84. The first-order valence-corrected chi connectivity index (χ1v) is 10.9. The third kappa shape index (κ3) is 3.35. The minimum absolute atomic E-state index is 0.301. The van der Waals surface area contributed by atoms with Gasteiger partial charge in [0.1, 0.15) is 0 Å². The highest BCUT2D eigenvalue weighted by atomic mass is 14.6. The smallest absolute Gasteiger partial charge is 0.0701 e. The van der Waals surface area contributed by atoms with Gasteiger partial charge in [-0.05, 0) is 69.5 Å². The quantitative estimate of drug-likeness (QED) is 0.246. The summed E-state index contributed by atoms with van der Waals surface area (Å²) in [6.45, 7) is 4.80. The Morgan fingerprint density at radius 2 is 1.40 bits per heavy atom. The van der Waals surface area contributed by atoms with Crippen molar-refractivity contribution in [3.8, 4) is 0 Å². The first kappa shape index (κ1) is 18.8. The van der Waals surface area contributed by atoms with Crippen molar-refractivity contribution < 1.29 is 0 Å². The molecular formula is C29H27N. The molecule has 0 fully saturated rings. The molecule has 0 unspecified atom stereocenters.